The van der Waals surface area contributed by atoms with Gasteiger partial charge in [0.15, 0.2) is 0 Å². The van der Waals surface area contributed by atoms with Crippen LogP contribution in [0.1, 0.15) is 34.6 Å². The van der Waals surface area contributed by atoms with Gasteiger partial charge in [0.25, 0.3) is 11.8 Å². The lowest BCUT2D eigenvalue weighted by Gasteiger charge is -2.09. The van der Waals surface area contributed by atoms with Crippen LogP contribution in [0, 0.1) is 11.7 Å². The third kappa shape index (κ3) is 4.64. The first kappa shape index (κ1) is 16.7. The van der Waals surface area contributed by atoms with E-state index in [0.29, 0.717) is 23.6 Å². The maximum atomic E-state index is 13.5. The number of amides is 2. The number of anilines is 1. The van der Waals surface area contributed by atoms with Crippen molar-refractivity contribution in [3.8, 4) is 0 Å². The number of nitrogens with one attached hydrogen (secondary N) is 2. The normalized spacial score (nSPS) is 10.4. The largest absolute Gasteiger partial charge is 0.352 e. The van der Waals surface area contributed by atoms with Crippen molar-refractivity contribution in [3.63, 3.8) is 0 Å². The van der Waals surface area contributed by atoms with Gasteiger partial charge < -0.3 is 10.6 Å². The average Bonchev–Trinajstić information content (AvgIpc) is 2.54. The van der Waals surface area contributed by atoms with E-state index >= 15 is 0 Å². The minimum atomic E-state index is -0.495. The molecule has 2 rings (SSSR count). The van der Waals surface area contributed by atoms with Crippen LogP contribution >= 0.6 is 0 Å². The molecule has 2 N–H and O–H groups in total. The van der Waals surface area contributed by atoms with E-state index in [1.807, 2.05) is 13.8 Å². The van der Waals surface area contributed by atoms with Gasteiger partial charge >= 0.3 is 0 Å². The Morgan fingerprint density at radius 1 is 0.957 bits per heavy atom. The Morgan fingerprint density at radius 2 is 1.52 bits per heavy atom. The molecule has 0 unspecified atom stereocenters. The maximum absolute atomic E-state index is 13.5. The molecular formula is C18H19FN2O2. The van der Waals surface area contributed by atoms with Crippen molar-refractivity contribution >= 4 is 17.5 Å². The third-order valence-electron chi connectivity index (χ3n) is 3.20. The van der Waals surface area contributed by atoms with Gasteiger partial charge in [-0.1, -0.05) is 26.0 Å². The fourth-order valence-corrected chi connectivity index (χ4v) is 1.93. The van der Waals surface area contributed by atoms with E-state index in [1.165, 1.54) is 12.1 Å². The molecule has 23 heavy (non-hydrogen) atoms. The van der Waals surface area contributed by atoms with Crippen LogP contribution in [0.25, 0.3) is 0 Å². The quantitative estimate of drug-likeness (QED) is 0.888. The number of halogens is 1. The molecule has 0 aliphatic carbocycles. The monoisotopic (exact) mass is 314 g/mol. The second kappa shape index (κ2) is 7.54. The van der Waals surface area contributed by atoms with Crippen molar-refractivity contribution in [3.05, 3.63) is 65.5 Å². The summed E-state index contributed by atoms with van der Waals surface area (Å²) in [4.78, 5) is 24.0. The van der Waals surface area contributed by atoms with Crippen LogP contribution in [0.3, 0.4) is 0 Å². The Balaban J connectivity index is 2.03. The molecule has 0 bridgehead atoms. The zero-order chi connectivity index (χ0) is 16.8. The first-order chi connectivity index (χ1) is 11.0. The van der Waals surface area contributed by atoms with Gasteiger partial charge in [0.2, 0.25) is 0 Å². The van der Waals surface area contributed by atoms with E-state index in [0.717, 1.165) is 0 Å². The van der Waals surface area contributed by atoms with Crippen LogP contribution in [0.5, 0.6) is 0 Å². The van der Waals surface area contributed by atoms with Gasteiger partial charge in [-0.3, -0.25) is 9.59 Å². The molecule has 5 heteroatoms. The lowest BCUT2D eigenvalue weighted by molar-refractivity contribution is 0.0947. The average molecular weight is 314 g/mol. The van der Waals surface area contributed by atoms with Crippen LogP contribution in [0.4, 0.5) is 10.1 Å². The summed E-state index contributed by atoms with van der Waals surface area (Å²) in [7, 11) is 0. The number of carbonyl (C=O) groups is 2. The lowest BCUT2D eigenvalue weighted by atomic mass is 10.1. The van der Waals surface area contributed by atoms with E-state index < -0.39 is 11.7 Å². The molecule has 4 nitrogen and oxygen atoms in total. The Hall–Kier alpha value is -2.69. The first-order valence-corrected chi connectivity index (χ1v) is 7.41. The molecule has 120 valence electrons. The van der Waals surface area contributed by atoms with Crippen molar-refractivity contribution in [1.29, 1.82) is 0 Å². The number of carbonyl (C=O) groups excluding carboxylic acids is 2. The standard InChI is InChI=1S/C18H19FN2O2/c1-12(2)11-20-17(22)13-7-9-14(10-8-13)18(23)21-16-6-4-3-5-15(16)19/h3-10,12H,11H2,1-2H3,(H,20,22)(H,21,23). The maximum Gasteiger partial charge on any atom is 0.255 e. The predicted octanol–water partition coefficient (Wildman–Crippen LogP) is 3.46. The van der Waals surface area contributed by atoms with Crippen LogP contribution < -0.4 is 10.6 Å². The van der Waals surface area contributed by atoms with Crippen LogP contribution in [0.2, 0.25) is 0 Å². The van der Waals surface area contributed by atoms with Gasteiger partial charge in [0.1, 0.15) is 5.82 Å². The van der Waals surface area contributed by atoms with Gasteiger partial charge in [-0.25, -0.2) is 4.39 Å². The molecule has 2 aromatic rings. The Labute approximate surface area is 134 Å². The number of hydrogen-bond acceptors (Lipinski definition) is 2. The fourth-order valence-electron chi connectivity index (χ4n) is 1.93. The van der Waals surface area contributed by atoms with E-state index in [2.05, 4.69) is 10.6 Å². The van der Waals surface area contributed by atoms with Gasteiger partial charge in [-0.15, -0.1) is 0 Å². The second-order valence-electron chi connectivity index (χ2n) is 5.62. The summed E-state index contributed by atoms with van der Waals surface area (Å²) in [5.74, 6) is -0.737. The molecule has 0 saturated heterocycles. The topological polar surface area (TPSA) is 58.2 Å². The van der Waals surface area contributed by atoms with Crippen molar-refractivity contribution in [2.45, 2.75) is 13.8 Å². The molecule has 0 atom stereocenters. The van der Waals surface area contributed by atoms with Gasteiger partial charge in [0.05, 0.1) is 5.69 Å². The Kier molecular flexibility index (Phi) is 5.46. The fraction of sp³-hybridized carbons (Fsp3) is 0.222. The highest BCUT2D eigenvalue weighted by Gasteiger charge is 2.11. The highest BCUT2D eigenvalue weighted by atomic mass is 19.1. The zero-order valence-corrected chi connectivity index (χ0v) is 13.1. The Bertz CT molecular complexity index is 696. The summed E-state index contributed by atoms with van der Waals surface area (Å²) in [6.07, 6.45) is 0. The smallest absolute Gasteiger partial charge is 0.255 e. The van der Waals surface area contributed by atoms with E-state index in [1.54, 1.807) is 36.4 Å². The minimum Gasteiger partial charge on any atom is -0.352 e. The SMILES string of the molecule is CC(C)CNC(=O)c1ccc(C(=O)Nc2ccccc2F)cc1. The first-order valence-electron chi connectivity index (χ1n) is 7.41. The summed E-state index contributed by atoms with van der Waals surface area (Å²) < 4.78 is 13.5. The summed E-state index contributed by atoms with van der Waals surface area (Å²) in [5, 5.41) is 5.31. The summed E-state index contributed by atoms with van der Waals surface area (Å²) in [5.41, 5.74) is 0.956. The predicted molar refractivity (Wildman–Crippen MR) is 88.0 cm³/mol. The van der Waals surface area contributed by atoms with Crippen molar-refractivity contribution in [2.75, 3.05) is 11.9 Å². The minimum absolute atomic E-state index is 0.122. The van der Waals surface area contributed by atoms with E-state index in [-0.39, 0.29) is 11.6 Å². The molecule has 0 aliphatic heterocycles. The van der Waals surface area contributed by atoms with Crippen LogP contribution in [-0.2, 0) is 0 Å². The van der Waals surface area contributed by atoms with Gasteiger partial charge in [-0.2, -0.15) is 0 Å². The highest BCUT2D eigenvalue weighted by Crippen LogP contribution is 2.14. The number of hydrogen-bond donors (Lipinski definition) is 2. The molecule has 0 radical (unpaired) electrons. The molecule has 0 aromatic heterocycles. The van der Waals surface area contributed by atoms with Crippen molar-refractivity contribution < 1.29 is 14.0 Å². The molecule has 0 aliphatic rings. The summed E-state index contributed by atoms with van der Waals surface area (Å²) >= 11 is 0. The number of para-hydroxylation sites is 1. The second-order valence-corrected chi connectivity index (χ2v) is 5.62. The van der Waals surface area contributed by atoms with Gasteiger partial charge in [-0.05, 0) is 42.3 Å². The number of rotatable bonds is 5. The third-order valence-corrected chi connectivity index (χ3v) is 3.20. The molecule has 2 amide bonds. The van der Waals surface area contributed by atoms with Crippen molar-refractivity contribution in [2.24, 2.45) is 5.92 Å². The Morgan fingerprint density at radius 3 is 2.09 bits per heavy atom. The molecule has 2 aromatic carbocycles. The highest BCUT2D eigenvalue weighted by molar-refractivity contribution is 6.05. The molecule has 0 saturated carbocycles. The molecule has 0 heterocycles. The number of benzene rings is 2. The summed E-state index contributed by atoms with van der Waals surface area (Å²) in [6.45, 7) is 4.61. The summed E-state index contributed by atoms with van der Waals surface area (Å²) in [6, 6.07) is 12.2. The van der Waals surface area contributed by atoms with Crippen molar-refractivity contribution in [1.82, 2.24) is 5.32 Å². The van der Waals surface area contributed by atoms with Crippen LogP contribution in [0.15, 0.2) is 48.5 Å². The molecule has 0 fully saturated rings. The molecular weight excluding hydrogens is 295 g/mol. The van der Waals surface area contributed by atoms with Crippen LogP contribution in [-0.4, -0.2) is 18.4 Å². The van der Waals surface area contributed by atoms with Gasteiger partial charge in [0, 0.05) is 17.7 Å². The molecule has 0 spiro atoms. The lowest BCUT2D eigenvalue weighted by Crippen LogP contribution is -2.27. The van der Waals surface area contributed by atoms with E-state index in [9.17, 15) is 14.0 Å². The van der Waals surface area contributed by atoms with E-state index in [4.69, 9.17) is 0 Å². The zero-order valence-electron chi connectivity index (χ0n) is 13.1.